The molecule has 0 saturated heterocycles. The van der Waals surface area contributed by atoms with Gasteiger partial charge in [0.1, 0.15) is 5.69 Å². The van der Waals surface area contributed by atoms with E-state index < -0.39 is 21.5 Å². The van der Waals surface area contributed by atoms with Crippen molar-refractivity contribution >= 4 is 27.3 Å². The Morgan fingerprint density at radius 3 is 2.23 bits per heavy atom. The molecule has 8 nitrogen and oxygen atoms in total. The number of aryl methyl sites for hydroxylation is 1. The largest absolute Gasteiger partial charge is 0.322 e. The van der Waals surface area contributed by atoms with Crippen LogP contribution in [0.3, 0.4) is 0 Å². The van der Waals surface area contributed by atoms with Gasteiger partial charge in [-0.15, -0.1) is 0 Å². The number of benzene rings is 3. The van der Waals surface area contributed by atoms with Crippen molar-refractivity contribution in [3.63, 3.8) is 0 Å². The monoisotopic (exact) mass is 490 g/mol. The van der Waals surface area contributed by atoms with Gasteiger partial charge < -0.3 is 5.32 Å². The van der Waals surface area contributed by atoms with Crippen molar-refractivity contribution in [1.82, 2.24) is 9.36 Å². The molecule has 4 aromatic rings. The normalized spacial score (nSPS) is 11.3. The highest BCUT2D eigenvalue weighted by Gasteiger charge is 2.29. The number of rotatable bonds is 6. The van der Waals surface area contributed by atoms with Gasteiger partial charge in [-0.3, -0.25) is 18.6 Å². The fourth-order valence-electron chi connectivity index (χ4n) is 3.83. The predicted octanol–water partition coefficient (Wildman–Crippen LogP) is 3.87. The summed E-state index contributed by atoms with van der Waals surface area (Å²) in [6.45, 7) is 3.63. The van der Waals surface area contributed by atoms with E-state index in [1.165, 1.54) is 29.9 Å². The van der Waals surface area contributed by atoms with Gasteiger partial charge in [-0.1, -0.05) is 42.0 Å². The highest BCUT2D eigenvalue weighted by atomic mass is 32.2. The number of aromatic nitrogens is 2. The van der Waals surface area contributed by atoms with Crippen LogP contribution in [0.1, 0.15) is 21.6 Å². The van der Waals surface area contributed by atoms with Crippen LogP contribution >= 0.6 is 0 Å². The van der Waals surface area contributed by atoms with Gasteiger partial charge in [0, 0.05) is 25.3 Å². The Balaban J connectivity index is 1.69. The zero-order chi connectivity index (χ0) is 25.3. The van der Waals surface area contributed by atoms with Gasteiger partial charge >= 0.3 is 0 Å². The average Bonchev–Trinajstić information content (AvgIpc) is 3.08. The Kier molecular flexibility index (Phi) is 6.36. The lowest BCUT2D eigenvalue weighted by Crippen LogP contribution is -2.32. The van der Waals surface area contributed by atoms with Crippen LogP contribution in [0.25, 0.3) is 5.69 Å². The molecule has 0 unspecified atom stereocenters. The first-order valence-corrected chi connectivity index (χ1v) is 12.4. The zero-order valence-electron chi connectivity index (χ0n) is 19.9. The van der Waals surface area contributed by atoms with Crippen LogP contribution in [-0.2, 0) is 17.1 Å². The van der Waals surface area contributed by atoms with Crippen molar-refractivity contribution in [2.45, 2.75) is 18.7 Å². The lowest BCUT2D eigenvalue weighted by molar-refractivity contribution is 0.102. The fraction of sp³-hybridized carbons (Fsp3) is 0.154. The van der Waals surface area contributed by atoms with Crippen molar-refractivity contribution in [3.05, 3.63) is 106 Å². The molecule has 0 spiro atoms. The Morgan fingerprint density at radius 1 is 0.914 bits per heavy atom. The molecule has 35 heavy (non-hydrogen) atoms. The van der Waals surface area contributed by atoms with E-state index in [0.29, 0.717) is 17.1 Å². The molecule has 0 aliphatic heterocycles. The Bertz CT molecular complexity index is 1550. The SMILES string of the molecule is Cc1ccc(NC(=O)c2cccc(S(=O)(=O)N(C)c3c(C)n(C)n(-c4ccccc4)c3=O)c2)cc1. The highest BCUT2D eigenvalue weighted by Crippen LogP contribution is 2.24. The number of nitrogens with one attached hydrogen (secondary N) is 1. The molecule has 0 fully saturated rings. The number of hydrogen-bond donors (Lipinski definition) is 1. The van der Waals surface area contributed by atoms with Crippen LogP contribution in [0.15, 0.2) is 88.6 Å². The highest BCUT2D eigenvalue weighted by molar-refractivity contribution is 7.92. The minimum Gasteiger partial charge on any atom is -0.322 e. The van der Waals surface area contributed by atoms with Gasteiger partial charge in [0.2, 0.25) is 0 Å². The molecule has 0 saturated carbocycles. The van der Waals surface area contributed by atoms with E-state index in [2.05, 4.69) is 5.32 Å². The lowest BCUT2D eigenvalue weighted by atomic mass is 10.2. The van der Waals surface area contributed by atoms with Crippen molar-refractivity contribution in [2.24, 2.45) is 7.05 Å². The number of hydrogen-bond acceptors (Lipinski definition) is 4. The summed E-state index contributed by atoms with van der Waals surface area (Å²) in [4.78, 5) is 26.0. The maximum Gasteiger partial charge on any atom is 0.296 e. The summed E-state index contributed by atoms with van der Waals surface area (Å²) < 4.78 is 31.0. The number of amides is 1. The predicted molar refractivity (Wildman–Crippen MR) is 137 cm³/mol. The van der Waals surface area contributed by atoms with Gasteiger partial charge in [0.15, 0.2) is 0 Å². The van der Waals surface area contributed by atoms with Gasteiger partial charge in [0.25, 0.3) is 21.5 Å². The Morgan fingerprint density at radius 2 is 1.57 bits per heavy atom. The third-order valence-electron chi connectivity index (χ3n) is 5.90. The first-order chi connectivity index (χ1) is 16.6. The molecular formula is C26H26N4O4S. The van der Waals surface area contributed by atoms with Gasteiger partial charge in [-0.05, 0) is 56.3 Å². The van der Waals surface area contributed by atoms with E-state index in [-0.39, 0.29) is 16.1 Å². The number of para-hydroxylation sites is 1. The Hall–Kier alpha value is -4.11. The topological polar surface area (TPSA) is 93.4 Å². The van der Waals surface area contributed by atoms with Crippen molar-refractivity contribution in [1.29, 1.82) is 0 Å². The summed E-state index contributed by atoms with van der Waals surface area (Å²) in [5.41, 5.74) is 2.52. The maximum absolute atomic E-state index is 13.5. The summed E-state index contributed by atoms with van der Waals surface area (Å²) >= 11 is 0. The number of carbonyl (C=O) groups excluding carboxylic acids is 1. The molecule has 0 aliphatic rings. The van der Waals surface area contributed by atoms with Gasteiger partial charge in [-0.2, -0.15) is 0 Å². The minimum absolute atomic E-state index is 0.0332. The molecule has 4 rings (SSSR count). The molecule has 180 valence electrons. The molecule has 9 heteroatoms. The number of nitrogens with zero attached hydrogens (tertiary/aromatic N) is 3. The van der Waals surface area contributed by atoms with Gasteiger partial charge in [0.05, 0.1) is 16.3 Å². The van der Waals surface area contributed by atoms with Crippen molar-refractivity contribution < 1.29 is 13.2 Å². The van der Waals surface area contributed by atoms with Crippen LogP contribution in [0, 0.1) is 13.8 Å². The fourth-order valence-corrected chi connectivity index (χ4v) is 5.13. The molecule has 0 radical (unpaired) electrons. The van der Waals surface area contributed by atoms with Crippen LogP contribution in [0.5, 0.6) is 0 Å². The summed E-state index contributed by atoms with van der Waals surface area (Å²) in [6, 6.07) is 22.0. The molecule has 1 heterocycles. The molecule has 1 N–H and O–H groups in total. The number of anilines is 2. The van der Waals surface area contributed by atoms with Crippen LogP contribution in [-0.4, -0.2) is 30.7 Å². The van der Waals surface area contributed by atoms with E-state index >= 15 is 0 Å². The van der Waals surface area contributed by atoms with Crippen LogP contribution in [0.2, 0.25) is 0 Å². The molecule has 0 aliphatic carbocycles. The summed E-state index contributed by atoms with van der Waals surface area (Å²) in [7, 11) is -1.09. The number of carbonyl (C=O) groups is 1. The van der Waals surface area contributed by atoms with E-state index in [1.54, 1.807) is 61.1 Å². The quantitative estimate of drug-likeness (QED) is 0.444. The van der Waals surface area contributed by atoms with E-state index in [9.17, 15) is 18.0 Å². The van der Waals surface area contributed by atoms with E-state index in [1.807, 2.05) is 25.1 Å². The van der Waals surface area contributed by atoms with Gasteiger partial charge in [-0.25, -0.2) is 13.1 Å². The maximum atomic E-state index is 13.5. The first-order valence-electron chi connectivity index (χ1n) is 10.9. The molecule has 0 atom stereocenters. The average molecular weight is 491 g/mol. The standard InChI is InChI=1S/C26H26N4O4S/c1-18-13-15-21(16-14-18)27-25(31)20-9-8-12-23(17-20)35(33,34)29(4)24-19(2)28(3)30(26(24)32)22-10-6-5-7-11-22/h5-17H,1-4H3,(H,27,31). The summed E-state index contributed by atoms with van der Waals surface area (Å²) in [5, 5.41) is 2.77. The molecule has 0 bridgehead atoms. The third-order valence-corrected chi connectivity index (χ3v) is 7.66. The zero-order valence-corrected chi connectivity index (χ0v) is 20.7. The second-order valence-electron chi connectivity index (χ2n) is 8.23. The summed E-state index contributed by atoms with van der Waals surface area (Å²) in [5.74, 6) is -0.434. The van der Waals surface area contributed by atoms with E-state index in [4.69, 9.17) is 0 Å². The molecule has 1 aromatic heterocycles. The lowest BCUT2D eigenvalue weighted by Gasteiger charge is -2.18. The van der Waals surface area contributed by atoms with E-state index in [0.717, 1.165) is 9.87 Å². The van der Waals surface area contributed by atoms with Crippen molar-refractivity contribution in [2.75, 3.05) is 16.7 Å². The molecular weight excluding hydrogens is 464 g/mol. The molecule has 3 aromatic carbocycles. The van der Waals surface area contributed by atoms with Crippen LogP contribution in [0.4, 0.5) is 11.4 Å². The van der Waals surface area contributed by atoms with Crippen molar-refractivity contribution in [3.8, 4) is 5.69 Å². The molecule has 1 amide bonds. The Labute approximate surface area is 204 Å². The smallest absolute Gasteiger partial charge is 0.296 e. The number of sulfonamides is 1. The minimum atomic E-state index is -4.13. The first kappa shape index (κ1) is 24.0. The third kappa shape index (κ3) is 4.50. The van der Waals surface area contributed by atoms with Crippen LogP contribution < -0.4 is 15.2 Å². The second-order valence-corrected chi connectivity index (χ2v) is 10.2. The summed E-state index contributed by atoms with van der Waals surface area (Å²) in [6.07, 6.45) is 0. The second kappa shape index (κ2) is 9.27.